The van der Waals surface area contributed by atoms with Gasteiger partial charge < -0.3 is 5.11 Å². The van der Waals surface area contributed by atoms with E-state index >= 15 is 0 Å². The Morgan fingerprint density at radius 3 is 2.33 bits per heavy atom. The number of benzene rings is 1. The number of carbonyl (C=O) groups is 1. The van der Waals surface area contributed by atoms with Gasteiger partial charge in [-0.25, -0.2) is 0 Å². The summed E-state index contributed by atoms with van der Waals surface area (Å²) in [6, 6.07) is 9.72. The number of ketones is 1. The van der Waals surface area contributed by atoms with Crippen LogP contribution in [0.4, 0.5) is 5.69 Å². The third-order valence-electron chi connectivity index (χ3n) is 5.19. The number of carbonyl (C=O) groups excluding carboxylic acids is 1. The lowest BCUT2D eigenvalue weighted by Gasteiger charge is -2.41. The van der Waals surface area contributed by atoms with Crippen molar-refractivity contribution in [2.24, 2.45) is 10.8 Å². The number of hydrogen-bond acceptors (Lipinski definition) is 6. The van der Waals surface area contributed by atoms with Crippen molar-refractivity contribution in [3.63, 3.8) is 0 Å². The molecule has 2 aliphatic rings. The molecule has 1 aromatic carbocycles. The second-order valence-electron chi connectivity index (χ2n) is 7.61. The number of nitro benzene ring substituents is 1. The Morgan fingerprint density at radius 1 is 1.22 bits per heavy atom. The summed E-state index contributed by atoms with van der Waals surface area (Å²) in [6.45, 7) is 3.67. The monoisotopic (exact) mass is 363 g/mol. The molecule has 0 fully saturated rings. The summed E-state index contributed by atoms with van der Waals surface area (Å²) in [5.74, 6) is -1.18. The first-order chi connectivity index (χ1) is 12.6. The zero-order chi connectivity index (χ0) is 20.0. The zero-order valence-corrected chi connectivity index (χ0v) is 14.9. The molecule has 0 aromatic heterocycles. The highest BCUT2D eigenvalue weighted by Crippen LogP contribution is 2.55. The molecule has 1 atom stereocenters. The molecule has 0 spiro atoms. The number of non-ortho nitro benzene ring substituents is 1. The molecule has 1 N–H and O–H groups in total. The van der Waals surface area contributed by atoms with E-state index in [0.29, 0.717) is 5.56 Å². The number of nitrogens with zero attached hydrogens (tertiary/aromatic N) is 3. The fourth-order valence-corrected chi connectivity index (χ4v) is 3.93. The van der Waals surface area contributed by atoms with Crippen LogP contribution in [0.3, 0.4) is 0 Å². The lowest BCUT2D eigenvalue weighted by atomic mass is 9.58. The molecule has 0 unspecified atom stereocenters. The summed E-state index contributed by atoms with van der Waals surface area (Å²) >= 11 is 0. The van der Waals surface area contributed by atoms with Crippen molar-refractivity contribution in [3.8, 4) is 12.1 Å². The SMILES string of the molecule is CC1(C)C=C2C(=C(O)C[C@@H](c3ccc([N+](=O)[O-])cc3)C2(C#N)C#N)C(=O)C1. The van der Waals surface area contributed by atoms with Gasteiger partial charge in [-0.05, 0) is 16.6 Å². The van der Waals surface area contributed by atoms with Crippen LogP contribution in [-0.2, 0) is 4.79 Å². The van der Waals surface area contributed by atoms with Crippen LogP contribution in [0.5, 0.6) is 0 Å². The number of rotatable bonds is 2. The van der Waals surface area contributed by atoms with E-state index in [1.54, 1.807) is 6.08 Å². The van der Waals surface area contributed by atoms with E-state index in [-0.39, 0.29) is 41.2 Å². The Morgan fingerprint density at radius 2 is 1.81 bits per heavy atom. The molecular formula is C20H17N3O4. The molecule has 0 bridgehead atoms. The van der Waals surface area contributed by atoms with E-state index in [1.807, 2.05) is 13.8 Å². The quantitative estimate of drug-likeness (QED) is 0.627. The standard InChI is InChI=1S/C20H17N3O4/c1-19(2)8-15-18(17(25)9-19)16(24)7-14(20(15,10-21)11-22)12-3-5-13(6-4-12)23(26)27/h3-6,8,14,24H,7,9H2,1-2H3/t14-/m0/s1. The number of nitro groups is 1. The highest BCUT2D eigenvalue weighted by atomic mass is 16.6. The van der Waals surface area contributed by atoms with Crippen molar-refractivity contribution in [1.82, 2.24) is 0 Å². The first-order valence-corrected chi connectivity index (χ1v) is 8.41. The van der Waals surface area contributed by atoms with Crippen LogP contribution in [0.1, 0.15) is 38.2 Å². The number of aliphatic hydroxyl groups excluding tert-OH is 1. The minimum absolute atomic E-state index is 0.0578. The first kappa shape index (κ1) is 18.3. The second-order valence-corrected chi connectivity index (χ2v) is 7.61. The van der Waals surface area contributed by atoms with E-state index in [4.69, 9.17) is 0 Å². The van der Waals surface area contributed by atoms with Gasteiger partial charge in [0, 0.05) is 30.9 Å². The summed E-state index contributed by atoms with van der Waals surface area (Å²) < 4.78 is 0. The largest absolute Gasteiger partial charge is 0.512 e. The average Bonchev–Trinajstić information content (AvgIpc) is 2.60. The molecule has 7 nitrogen and oxygen atoms in total. The van der Waals surface area contributed by atoms with Crippen LogP contribution >= 0.6 is 0 Å². The maximum Gasteiger partial charge on any atom is 0.269 e. The van der Waals surface area contributed by atoms with Crippen LogP contribution in [0.2, 0.25) is 0 Å². The fraction of sp³-hybridized carbons (Fsp3) is 0.350. The second kappa shape index (κ2) is 6.07. The van der Waals surface area contributed by atoms with Crippen molar-refractivity contribution >= 4 is 11.5 Å². The maximum atomic E-state index is 12.6. The fourth-order valence-electron chi connectivity index (χ4n) is 3.93. The Bertz CT molecular complexity index is 974. The molecule has 0 saturated heterocycles. The minimum Gasteiger partial charge on any atom is -0.512 e. The van der Waals surface area contributed by atoms with Crippen molar-refractivity contribution in [3.05, 3.63) is 62.9 Å². The van der Waals surface area contributed by atoms with Crippen LogP contribution in [0.15, 0.2) is 47.2 Å². The van der Waals surface area contributed by atoms with Gasteiger partial charge in [-0.2, -0.15) is 10.5 Å². The highest BCUT2D eigenvalue weighted by Gasteiger charge is 2.53. The minimum atomic E-state index is -1.66. The van der Waals surface area contributed by atoms with Crippen LogP contribution in [0, 0.1) is 43.6 Å². The first-order valence-electron chi connectivity index (χ1n) is 8.41. The van der Waals surface area contributed by atoms with Gasteiger partial charge in [0.1, 0.15) is 5.76 Å². The molecule has 0 heterocycles. The molecule has 2 aliphatic carbocycles. The lowest BCUT2D eigenvalue weighted by molar-refractivity contribution is -0.384. The maximum absolute atomic E-state index is 12.6. The van der Waals surface area contributed by atoms with Crippen LogP contribution < -0.4 is 0 Å². The third-order valence-corrected chi connectivity index (χ3v) is 5.19. The molecular weight excluding hydrogens is 346 g/mol. The van der Waals surface area contributed by atoms with Gasteiger partial charge in [-0.3, -0.25) is 14.9 Å². The van der Waals surface area contributed by atoms with E-state index in [9.17, 15) is 30.5 Å². The number of fused-ring (bicyclic) bond motifs is 1. The Balaban J connectivity index is 2.23. The number of aliphatic hydroxyl groups is 1. The van der Waals surface area contributed by atoms with E-state index in [1.165, 1.54) is 24.3 Å². The van der Waals surface area contributed by atoms with E-state index < -0.39 is 21.7 Å². The Hall–Kier alpha value is -3.45. The van der Waals surface area contributed by atoms with Crippen LogP contribution in [0.25, 0.3) is 0 Å². The predicted octanol–water partition coefficient (Wildman–Crippen LogP) is 3.85. The zero-order valence-electron chi connectivity index (χ0n) is 14.9. The van der Waals surface area contributed by atoms with E-state index in [0.717, 1.165) is 0 Å². The molecule has 136 valence electrons. The van der Waals surface area contributed by atoms with Gasteiger partial charge in [-0.1, -0.05) is 32.1 Å². The number of hydrogen-bond donors (Lipinski definition) is 1. The summed E-state index contributed by atoms with van der Waals surface area (Å²) in [6.07, 6.45) is 1.85. The highest BCUT2D eigenvalue weighted by molar-refractivity contribution is 6.03. The van der Waals surface area contributed by atoms with E-state index in [2.05, 4.69) is 12.1 Å². The van der Waals surface area contributed by atoms with Crippen molar-refractivity contribution in [2.45, 2.75) is 32.6 Å². The summed E-state index contributed by atoms with van der Waals surface area (Å²) in [4.78, 5) is 22.9. The third kappa shape index (κ3) is 2.78. The average molecular weight is 363 g/mol. The summed E-state index contributed by atoms with van der Waals surface area (Å²) in [5, 5.41) is 41.3. The number of nitriles is 2. The van der Waals surface area contributed by atoms with Crippen LogP contribution in [-0.4, -0.2) is 15.8 Å². The molecule has 0 radical (unpaired) electrons. The molecule has 3 rings (SSSR count). The van der Waals surface area contributed by atoms with Crippen molar-refractivity contribution < 1.29 is 14.8 Å². The topological polar surface area (TPSA) is 128 Å². The molecule has 27 heavy (non-hydrogen) atoms. The normalized spacial score (nSPS) is 22.9. The van der Waals surface area contributed by atoms with Gasteiger partial charge in [0.05, 0.1) is 22.6 Å². The number of Topliss-reactive ketones (excluding diaryl/α,β-unsaturated/α-hetero) is 1. The summed E-state index contributed by atoms with van der Waals surface area (Å²) in [7, 11) is 0. The molecule has 7 heteroatoms. The van der Waals surface area contributed by atoms with Gasteiger partial charge in [0.2, 0.25) is 0 Å². The van der Waals surface area contributed by atoms with Gasteiger partial charge >= 0.3 is 0 Å². The molecule has 0 amide bonds. The molecule has 0 aliphatic heterocycles. The van der Waals surface area contributed by atoms with Crippen molar-refractivity contribution in [1.29, 1.82) is 10.5 Å². The lowest BCUT2D eigenvalue weighted by Crippen LogP contribution is -2.39. The predicted molar refractivity (Wildman–Crippen MR) is 95.3 cm³/mol. The number of allylic oxidation sites excluding steroid dienone is 4. The summed E-state index contributed by atoms with van der Waals surface area (Å²) in [5.41, 5.74) is -1.50. The van der Waals surface area contributed by atoms with Crippen molar-refractivity contribution in [2.75, 3.05) is 0 Å². The molecule has 1 aromatic rings. The van der Waals surface area contributed by atoms with Gasteiger partial charge in [0.15, 0.2) is 11.2 Å². The molecule has 0 saturated carbocycles. The van der Waals surface area contributed by atoms with Gasteiger partial charge in [0.25, 0.3) is 5.69 Å². The Kier molecular flexibility index (Phi) is 4.12. The smallest absolute Gasteiger partial charge is 0.269 e. The Labute approximate surface area is 156 Å². The van der Waals surface area contributed by atoms with Gasteiger partial charge in [-0.15, -0.1) is 0 Å².